The molecule has 0 radical (unpaired) electrons. The van der Waals surface area contributed by atoms with Gasteiger partial charge >= 0.3 is 0 Å². The van der Waals surface area contributed by atoms with E-state index in [9.17, 15) is 4.79 Å². The Morgan fingerprint density at radius 2 is 1.81 bits per heavy atom. The highest BCUT2D eigenvalue weighted by Gasteiger charge is 2.24. The van der Waals surface area contributed by atoms with Crippen LogP contribution in [0.25, 0.3) is 0 Å². The first kappa shape index (κ1) is 24.3. The van der Waals surface area contributed by atoms with E-state index in [0.717, 1.165) is 90.2 Å². The lowest BCUT2D eigenvalue weighted by Gasteiger charge is -2.35. The Labute approximate surface area is 188 Å². The van der Waals surface area contributed by atoms with E-state index in [1.165, 1.54) is 25.7 Å². The Morgan fingerprint density at radius 3 is 2.48 bits per heavy atom. The lowest BCUT2D eigenvalue weighted by molar-refractivity contribution is -0.127. The molecule has 2 saturated heterocycles. The Balaban J connectivity index is 1.42. The van der Waals surface area contributed by atoms with Crippen LogP contribution in [0.5, 0.6) is 0 Å². The molecule has 1 amide bonds. The van der Waals surface area contributed by atoms with Crippen LogP contribution in [-0.4, -0.2) is 112 Å². The zero-order valence-corrected chi connectivity index (χ0v) is 19.7. The lowest BCUT2D eigenvalue weighted by Crippen LogP contribution is -2.48. The van der Waals surface area contributed by atoms with E-state index in [1.54, 1.807) is 19.0 Å². The number of carbonyl (C=O) groups is 1. The van der Waals surface area contributed by atoms with Gasteiger partial charge in [-0.1, -0.05) is 12.8 Å². The fourth-order valence-electron chi connectivity index (χ4n) is 4.56. The maximum Gasteiger partial charge on any atom is 0.243 e. The van der Waals surface area contributed by atoms with Crippen molar-refractivity contribution in [3.63, 3.8) is 0 Å². The molecule has 3 fully saturated rings. The summed E-state index contributed by atoms with van der Waals surface area (Å²) >= 11 is 0. The summed E-state index contributed by atoms with van der Waals surface area (Å²) in [6, 6.07) is 0. The molecule has 0 spiro atoms. The topological polar surface area (TPSA) is 69.6 Å². The Bertz CT molecular complexity index is 551. The van der Waals surface area contributed by atoms with Crippen molar-refractivity contribution in [1.82, 2.24) is 20.0 Å². The second kappa shape index (κ2) is 13.2. The van der Waals surface area contributed by atoms with Gasteiger partial charge < -0.3 is 24.6 Å². The van der Waals surface area contributed by atoms with Gasteiger partial charge in [0, 0.05) is 53.4 Å². The minimum Gasteiger partial charge on any atom is -0.379 e. The molecule has 1 aliphatic carbocycles. The molecule has 0 atom stereocenters. The number of aliphatic imine (C=N–C) groups is 1. The van der Waals surface area contributed by atoms with E-state index >= 15 is 0 Å². The molecule has 0 aromatic heterocycles. The summed E-state index contributed by atoms with van der Waals surface area (Å²) in [6.07, 6.45) is 8.90. The number of likely N-dealkylation sites (N-methyl/N-ethyl adjacent to an activating group) is 1. The van der Waals surface area contributed by atoms with E-state index < -0.39 is 0 Å². The summed E-state index contributed by atoms with van der Waals surface area (Å²) in [7, 11) is 3.56. The van der Waals surface area contributed by atoms with Gasteiger partial charge in [-0.05, 0) is 44.6 Å². The number of likely N-dealkylation sites (tertiary alicyclic amines) is 1. The van der Waals surface area contributed by atoms with Crippen molar-refractivity contribution < 1.29 is 14.3 Å². The summed E-state index contributed by atoms with van der Waals surface area (Å²) in [5.41, 5.74) is 0. The molecule has 3 rings (SSSR count). The molecule has 0 aromatic rings. The smallest absolute Gasteiger partial charge is 0.243 e. The number of ether oxygens (including phenoxy) is 2. The van der Waals surface area contributed by atoms with Crippen LogP contribution in [0, 0.1) is 5.92 Å². The summed E-state index contributed by atoms with van der Waals surface area (Å²) in [6.45, 7) is 8.64. The standard InChI is InChI=1S/C23H43N5O3/c1-26(2)22(29)18-25-23(24-10-5-11-27-14-16-30-17-15-27)28-12-8-21(9-13-28)31-19-20-6-3-4-7-20/h20-21H,3-19H2,1-2H3,(H,24,25). The summed E-state index contributed by atoms with van der Waals surface area (Å²) < 4.78 is 11.6. The van der Waals surface area contributed by atoms with Gasteiger partial charge in [0.15, 0.2) is 5.96 Å². The maximum absolute atomic E-state index is 12.1. The molecule has 1 saturated carbocycles. The number of morpholine rings is 1. The quantitative estimate of drug-likeness (QED) is 0.334. The number of hydrogen-bond donors (Lipinski definition) is 1. The van der Waals surface area contributed by atoms with Crippen LogP contribution in [0.15, 0.2) is 4.99 Å². The van der Waals surface area contributed by atoms with Crippen LogP contribution < -0.4 is 5.32 Å². The molecule has 0 bridgehead atoms. The van der Waals surface area contributed by atoms with E-state index in [1.807, 2.05) is 0 Å². The van der Waals surface area contributed by atoms with Crippen LogP contribution >= 0.6 is 0 Å². The molecule has 8 nitrogen and oxygen atoms in total. The molecule has 8 heteroatoms. The van der Waals surface area contributed by atoms with Gasteiger partial charge in [-0.15, -0.1) is 0 Å². The summed E-state index contributed by atoms with van der Waals surface area (Å²) in [5.74, 6) is 1.68. The Hall–Kier alpha value is -1.38. The predicted molar refractivity (Wildman–Crippen MR) is 123 cm³/mol. The van der Waals surface area contributed by atoms with Crippen LogP contribution in [0.4, 0.5) is 0 Å². The number of guanidine groups is 1. The maximum atomic E-state index is 12.1. The third kappa shape index (κ3) is 8.58. The van der Waals surface area contributed by atoms with Crippen molar-refractivity contribution >= 4 is 11.9 Å². The zero-order valence-electron chi connectivity index (χ0n) is 19.7. The van der Waals surface area contributed by atoms with E-state index in [4.69, 9.17) is 9.47 Å². The number of nitrogens with one attached hydrogen (secondary N) is 1. The normalized spacial score (nSPS) is 22.1. The van der Waals surface area contributed by atoms with Crippen molar-refractivity contribution in [2.24, 2.45) is 10.9 Å². The highest BCUT2D eigenvalue weighted by molar-refractivity contribution is 5.84. The molecule has 0 unspecified atom stereocenters. The third-order valence-corrected chi connectivity index (χ3v) is 6.68. The van der Waals surface area contributed by atoms with Gasteiger partial charge in [-0.25, -0.2) is 4.99 Å². The van der Waals surface area contributed by atoms with Gasteiger partial charge in [0.1, 0.15) is 6.54 Å². The zero-order chi connectivity index (χ0) is 21.9. The first-order chi connectivity index (χ1) is 15.1. The molecule has 178 valence electrons. The first-order valence-corrected chi connectivity index (χ1v) is 12.3. The number of carbonyl (C=O) groups excluding carboxylic acids is 1. The van der Waals surface area contributed by atoms with Crippen molar-refractivity contribution in [3.8, 4) is 0 Å². The molecule has 2 heterocycles. The van der Waals surface area contributed by atoms with Crippen LogP contribution in [0.2, 0.25) is 0 Å². The average Bonchev–Trinajstić information content (AvgIpc) is 3.32. The van der Waals surface area contributed by atoms with Crippen molar-refractivity contribution in [2.75, 3.05) is 79.7 Å². The lowest BCUT2D eigenvalue weighted by atomic mass is 10.1. The predicted octanol–water partition coefficient (Wildman–Crippen LogP) is 1.41. The number of piperidine rings is 1. The largest absolute Gasteiger partial charge is 0.379 e. The molecular weight excluding hydrogens is 394 g/mol. The van der Waals surface area contributed by atoms with Crippen molar-refractivity contribution in [2.45, 2.75) is 51.0 Å². The SMILES string of the molecule is CN(C)C(=O)CN=C(NCCCN1CCOCC1)N1CCC(OCC2CCCC2)CC1. The molecule has 0 aromatic carbocycles. The van der Waals surface area contributed by atoms with Gasteiger partial charge in [-0.3, -0.25) is 9.69 Å². The van der Waals surface area contributed by atoms with Crippen LogP contribution in [0.1, 0.15) is 44.9 Å². The van der Waals surface area contributed by atoms with E-state index in [-0.39, 0.29) is 12.5 Å². The van der Waals surface area contributed by atoms with Crippen molar-refractivity contribution in [1.29, 1.82) is 0 Å². The molecule has 3 aliphatic rings. The van der Waals surface area contributed by atoms with E-state index in [0.29, 0.717) is 6.10 Å². The second-order valence-corrected chi connectivity index (χ2v) is 9.33. The average molecular weight is 438 g/mol. The molecule has 31 heavy (non-hydrogen) atoms. The number of hydrogen-bond acceptors (Lipinski definition) is 5. The minimum absolute atomic E-state index is 0.0300. The third-order valence-electron chi connectivity index (χ3n) is 6.68. The van der Waals surface area contributed by atoms with Gasteiger partial charge in [-0.2, -0.15) is 0 Å². The van der Waals surface area contributed by atoms with E-state index in [2.05, 4.69) is 20.1 Å². The Morgan fingerprint density at radius 1 is 1.10 bits per heavy atom. The molecule has 1 N–H and O–H groups in total. The van der Waals surface area contributed by atoms with Crippen LogP contribution in [-0.2, 0) is 14.3 Å². The number of amides is 1. The van der Waals surface area contributed by atoms with Crippen molar-refractivity contribution in [3.05, 3.63) is 0 Å². The first-order valence-electron chi connectivity index (χ1n) is 12.3. The molecular formula is C23H43N5O3. The Kier molecular flexibility index (Phi) is 10.4. The summed E-state index contributed by atoms with van der Waals surface area (Å²) in [4.78, 5) is 23.1. The fraction of sp³-hybridized carbons (Fsp3) is 0.913. The number of nitrogens with zero attached hydrogens (tertiary/aromatic N) is 4. The van der Waals surface area contributed by atoms with Gasteiger partial charge in [0.25, 0.3) is 0 Å². The highest BCUT2D eigenvalue weighted by atomic mass is 16.5. The fourth-order valence-corrected chi connectivity index (χ4v) is 4.56. The van der Waals surface area contributed by atoms with Gasteiger partial charge in [0.2, 0.25) is 5.91 Å². The van der Waals surface area contributed by atoms with Crippen LogP contribution in [0.3, 0.4) is 0 Å². The summed E-state index contributed by atoms with van der Waals surface area (Å²) in [5, 5.41) is 3.52. The second-order valence-electron chi connectivity index (χ2n) is 9.33. The van der Waals surface area contributed by atoms with Gasteiger partial charge in [0.05, 0.1) is 19.3 Å². The monoisotopic (exact) mass is 437 g/mol. The highest BCUT2D eigenvalue weighted by Crippen LogP contribution is 2.26. The number of rotatable bonds is 9. The minimum atomic E-state index is 0.0300. The molecule has 2 aliphatic heterocycles.